The zero-order valence-electron chi connectivity index (χ0n) is 12.8. The Morgan fingerprint density at radius 2 is 1.95 bits per heavy atom. The Labute approximate surface area is 126 Å². The molecule has 2 rings (SSSR count). The maximum absolute atomic E-state index is 11.7. The SMILES string of the molecule is CCCCCCC(=O)NCCc1ccc2c(c1)OCCO2. The standard InChI is InChI=1S/C17H25NO3/c1-2-3-4-5-6-17(19)18-10-9-14-7-8-15-16(13-14)21-12-11-20-15/h7-8,13H,2-6,9-12H2,1H3,(H,18,19). The van der Waals surface area contributed by atoms with E-state index >= 15 is 0 Å². The molecule has 0 unspecified atom stereocenters. The zero-order chi connectivity index (χ0) is 14.9. The first-order valence-electron chi connectivity index (χ1n) is 7.95. The van der Waals surface area contributed by atoms with Crippen LogP contribution in [0.2, 0.25) is 0 Å². The highest BCUT2D eigenvalue weighted by molar-refractivity contribution is 5.75. The highest BCUT2D eigenvalue weighted by atomic mass is 16.6. The lowest BCUT2D eigenvalue weighted by Crippen LogP contribution is -2.25. The molecule has 0 fully saturated rings. The summed E-state index contributed by atoms with van der Waals surface area (Å²) in [5.41, 5.74) is 1.16. The molecule has 21 heavy (non-hydrogen) atoms. The monoisotopic (exact) mass is 291 g/mol. The van der Waals surface area contributed by atoms with Crippen LogP contribution < -0.4 is 14.8 Å². The fraction of sp³-hybridized carbons (Fsp3) is 0.588. The minimum Gasteiger partial charge on any atom is -0.486 e. The third-order valence-electron chi connectivity index (χ3n) is 3.60. The lowest BCUT2D eigenvalue weighted by atomic mass is 10.1. The maximum atomic E-state index is 11.7. The van der Waals surface area contributed by atoms with Crippen molar-refractivity contribution >= 4 is 5.91 Å². The van der Waals surface area contributed by atoms with Gasteiger partial charge in [0.1, 0.15) is 13.2 Å². The van der Waals surface area contributed by atoms with Crippen molar-refractivity contribution in [2.24, 2.45) is 0 Å². The summed E-state index contributed by atoms with van der Waals surface area (Å²) in [7, 11) is 0. The number of benzene rings is 1. The Balaban J connectivity index is 1.67. The second-order valence-electron chi connectivity index (χ2n) is 5.39. The van der Waals surface area contributed by atoms with Crippen LogP contribution in [0.1, 0.15) is 44.6 Å². The molecule has 0 spiro atoms. The predicted octanol–water partition coefficient (Wildman–Crippen LogP) is 3.09. The van der Waals surface area contributed by atoms with Gasteiger partial charge in [-0.1, -0.05) is 32.3 Å². The number of hydrogen-bond donors (Lipinski definition) is 1. The van der Waals surface area contributed by atoms with E-state index in [1.807, 2.05) is 18.2 Å². The minimum atomic E-state index is 0.156. The van der Waals surface area contributed by atoms with Crippen LogP contribution in [0, 0.1) is 0 Å². The van der Waals surface area contributed by atoms with Gasteiger partial charge in [0, 0.05) is 13.0 Å². The molecule has 1 aliphatic heterocycles. The fourth-order valence-corrected chi connectivity index (χ4v) is 2.39. The number of carbonyl (C=O) groups excluding carboxylic acids is 1. The summed E-state index contributed by atoms with van der Waals surface area (Å²) >= 11 is 0. The quantitative estimate of drug-likeness (QED) is 0.749. The normalized spacial score (nSPS) is 13.0. The van der Waals surface area contributed by atoms with E-state index in [4.69, 9.17) is 9.47 Å². The van der Waals surface area contributed by atoms with Gasteiger partial charge in [0.05, 0.1) is 0 Å². The van der Waals surface area contributed by atoms with E-state index in [0.717, 1.165) is 36.3 Å². The number of amides is 1. The molecule has 0 saturated carbocycles. The molecule has 1 heterocycles. The summed E-state index contributed by atoms with van der Waals surface area (Å²) in [6.07, 6.45) is 6.00. The van der Waals surface area contributed by atoms with Gasteiger partial charge in [-0.15, -0.1) is 0 Å². The highest BCUT2D eigenvalue weighted by Gasteiger charge is 2.11. The number of rotatable bonds is 8. The molecule has 0 atom stereocenters. The van der Waals surface area contributed by atoms with Crippen LogP contribution >= 0.6 is 0 Å². The van der Waals surface area contributed by atoms with Gasteiger partial charge < -0.3 is 14.8 Å². The van der Waals surface area contributed by atoms with Crippen LogP contribution in [0.3, 0.4) is 0 Å². The van der Waals surface area contributed by atoms with Crippen molar-refractivity contribution in [3.05, 3.63) is 23.8 Å². The number of fused-ring (bicyclic) bond motifs is 1. The number of unbranched alkanes of at least 4 members (excludes halogenated alkanes) is 3. The summed E-state index contributed by atoms with van der Waals surface area (Å²) in [5, 5.41) is 2.98. The van der Waals surface area contributed by atoms with Crippen molar-refractivity contribution < 1.29 is 14.3 Å². The number of nitrogens with one attached hydrogen (secondary N) is 1. The van der Waals surface area contributed by atoms with Gasteiger partial charge in [0.15, 0.2) is 11.5 Å². The van der Waals surface area contributed by atoms with E-state index in [2.05, 4.69) is 12.2 Å². The third-order valence-corrected chi connectivity index (χ3v) is 3.60. The van der Waals surface area contributed by atoms with Gasteiger partial charge >= 0.3 is 0 Å². The largest absolute Gasteiger partial charge is 0.486 e. The molecular formula is C17H25NO3. The molecule has 0 bridgehead atoms. The second-order valence-corrected chi connectivity index (χ2v) is 5.39. The lowest BCUT2D eigenvalue weighted by molar-refractivity contribution is -0.121. The van der Waals surface area contributed by atoms with E-state index in [9.17, 15) is 4.79 Å². The van der Waals surface area contributed by atoms with Crippen LogP contribution in [0.15, 0.2) is 18.2 Å². The summed E-state index contributed by atoms with van der Waals surface area (Å²) in [4.78, 5) is 11.7. The van der Waals surface area contributed by atoms with E-state index < -0.39 is 0 Å². The summed E-state index contributed by atoms with van der Waals surface area (Å²) < 4.78 is 11.0. The zero-order valence-corrected chi connectivity index (χ0v) is 12.8. The van der Waals surface area contributed by atoms with Crippen LogP contribution in [-0.2, 0) is 11.2 Å². The van der Waals surface area contributed by atoms with Gasteiger partial charge in [-0.05, 0) is 30.5 Å². The first-order chi connectivity index (χ1) is 10.3. The van der Waals surface area contributed by atoms with Crippen molar-refractivity contribution in [2.45, 2.75) is 45.4 Å². The average molecular weight is 291 g/mol. The van der Waals surface area contributed by atoms with Gasteiger partial charge in [0.25, 0.3) is 0 Å². The topological polar surface area (TPSA) is 47.6 Å². The fourth-order valence-electron chi connectivity index (χ4n) is 2.39. The minimum absolute atomic E-state index is 0.156. The van der Waals surface area contributed by atoms with Crippen molar-refractivity contribution in [1.29, 1.82) is 0 Å². The molecule has 0 aromatic heterocycles. The number of hydrogen-bond acceptors (Lipinski definition) is 3. The van der Waals surface area contributed by atoms with E-state index in [1.54, 1.807) is 0 Å². The Morgan fingerprint density at radius 1 is 1.14 bits per heavy atom. The maximum Gasteiger partial charge on any atom is 0.220 e. The molecule has 1 amide bonds. The van der Waals surface area contributed by atoms with Gasteiger partial charge in [-0.25, -0.2) is 0 Å². The van der Waals surface area contributed by atoms with Crippen LogP contribution in [0.4, 0.5) is 0 Å². The van der Waals surface area contributed by atoms with Crippen LogP contribution in [0.5, 0.6) is 11.5 Å². The average Bonchev–Trinajstić information content (AvgIpc) is 2.51. The highest BCUT2D eigenvalue weighted by Crippen LogP contribution is 2.30. The van der Waals surface area contributed by atoms with Gasteiger partial charge in [0.2, 0.25) is 5.91 Å². The molecule has 4 nitrogen and oxygen atoms in total. The molecule has 1 aliphatic rings. The van der Waals surface area contributed by atoms with Crippen LogP contribution in [-0.4, -0.2) is 25.7 Å². The van der Waals surface area contributed by atoms with Gasteiger partial charge in [-0.3, -0.25) is 4.79 Å². The van der Waals surface area contributed by atoms with E-state index in [1.165, 1.54) is 12.8 Å². The molecule has 1 N–H and O–H groups in total. The second kappa shape index (κ2) is 8.55. The molecule has 1 aromatic rings. The van der Waals surface area contributed by atoms with Gasteiger partial charge in [-0.2, -0.15) is 0 Å². The number of ether oxygens (including phenoxy) is 2. The molecule has 1 aromatic carbocycles. The van der Waals surface area contributed by atoms with E-state index in [0.29, 0.717) is 26.2 Å². The molecule has 116 valence electrons. The van der Waals surface area contributed by atoms with Crippen molar-refractivity contribution in [3.63, 3.8) is 0 Å². The molecule has 0 radical (unpaired) electrons. The third kappa shape index (κ3) is 5.29. The Morgan fingerprint density at radius 3 is 2.76 bits per heavy atom. The summed E-state index contributed by atoms with van der Waals surface area (Å²) in [5.74, 6) is 1.78. The predicted molar refractivity (Wildman–Crippen MR) is 82.9 cm³/mol. The van der Waals surface area contributed by atoms with Crippen LogP contribution in [0.25, 0.3) is 0 Å². The number of carbonyl (C=O) groups is 1. The van der Waals surface area contributed by atoms with E-state index in [-0.39, 0.29) is 5.91 Å². The van der Waals surface area contributed by atoms with Crippen molar-refractivity contribution in [1.82, 2.24) is 5.32 Å². The first-order valence-corrected chi connectivity index (χ1v) is 7.95. The molecule has 0 saturated heterocycles. The lowest BCUT2D eigenvalue weighted by Gasteiger charge is -2.18. The Kier molecular flexibility index (Phi) is 6.38. The summed E-state index contributed by atoms with van der Waals surface area (Å²) in [6, 6.07) is 5.97. The van der Waals surface area contributed by atoms with Crippen molar-refractivity contribution in [3.8, 4) is 11.5 Å². The Hall–Kier alpha value is -1.71. The summed E-state index contributed by atoms with van der Waals surface area (Å²) in [6.45, 7) is 4.06. The molecular weight excluding hydrogens is 266 g/mol. The molecule has 0 aliphatic carbocycles. The van der Waals surface area contributed by atoms with Crippen molar-refractivity contribution in [2.75, 3.05) is 19.8 Å². The Bertz CT molecular complexity index is 459. The molecule has 4 heteroatoms. The smallest absolute Gasteiger partial charge is 0.220 e. The first kappa shape index (κ1) is 15.7.